The summed E-state index contributed by atoms with van der Waals surface area (Å²) in [5.74, 6) is -1.92. The molecule has 147 heavy (non-hydrogen) atoms. The number of carbonyl (C=O) groups is 12. The number of carbonyl (C=O) groups excluding carboxylic acids is 12. The van der Waals surface area contributed by atoms with Crippen molar-refractivity contribution in [3.05, 3.63) is 244 Å². The van der Waals surface area contributed by atoms with Crippen molar-refractivity contribution in [2.24, 2.45) is 68.8 Å². The highest BCUT2D eigenvalue weighted by molar-refractivity contribution is 6.31. The molecule has 0 aliphatic heterocycles. The van der Waals surface area contributed by atoms with Gasteiger partial charge in [0, 0.05) is 135 Å². The first kappa shape index (κ1) is 122. The highest BCUT2D eigenvalue weighted by atomic mass is 35.5. The lowest BCUT2D eigenvalue weighted by Gasteiger charge is -2.24. The third-order valence-corrected chi connectivity index (χ3v) is 24.0. The van der Waals surface area contributed by atoms with Crippen LogP contribution in [0.25, 0.3) is 11.1 Å². The van der Waals surface area contributed by atoms with Gasteiger partial charge in [0.15, 0.2) is 40.2 Å². The van der Waals surface area contributed by atoms with Crippen LogP contribution in [0.15, 0.2) is 199 Å². The average molecular weight is 2060 g/mol. The smallest absolute Gasteiger partial charge is 0.238 e. The van der Waals surface area contributed by atoms with Gasteiger partial charge >= 0.3 is 0 Å². The highest BCUT2D eigenvalue weighted by Crippen LogP contribution is 2.39. The Balaban J connectivity index is 0.000000300. The number of para-hydroxylation sites is 2. The number of ether oxygens (including phenoxy) is 5. The van der Waals surface area contributed by atoms with Crippen LogP contribution >= 0.6 is 11.6 Å². The zero-order valence-electron chi connectivity index (χ0n) is 84.6. The van der Waals surface area contributed by atoms with E-state index in [1.165, 1.54) is 66.2 Å². The molecule has 0 aliphatic carbocycles. The quantitative estimate of drug-likeness (QED) is 0.0259. The van der Waals surface area contributed by atoms with Gasteiger partial charge in [-0.25, -0.2) is 4.98 Å². The number of oxazole rings is 1. The van der Waals surface area contributed by atoms with Crippen LogP contribution in [0.2, 0.25) is 5.02 Å². The minimum atomic E-state index is -1.14. The second-order valence-electron chi connectivity index (χ2n) is 34.6. The highest BCUT2D eigenvalue weighted by Gasteiger charge is 2.34. The van der Waals surface area contributed by atoms with Gasteiger partial charge in [-0.05, 0) is 145 Å². The van der Waals surface area contributed by atoms with Crippen LogP contribution in [0, 0.1) is 0 Å². The number of nitrogens with two attached hydrogens (primary N) is 12. The lowest BCUT2D eigenvalue weighted by atomic mass is 9.96. The van der Waals surface area contributed by atoms with Crippen LogP contribution in [0.5, 0.6) is 34.5 Å². The largest absolute Gasteiger partial charge is 0.508 e. The number of halogens is 1. The SMILES string of the molecule is COc1cc(CC(=O)[C@H](CCc2ccccc2)NC(=O)[C@@H](N)CC(=O)N(CCN)CCN)cc(OC)c1OC.COc1ccc(OC)c(CC(=O)[C@H](CCc2ccccc2)NC(=O)[C@@H](N)CC(=O)N(CCN)CCN)c1.NCCN(CCN)C(=O)C[C@H](N)C(=O)N[C@@H](CCc1ccccc1)C(=O)Cc1cc(O)ccc1Cl.NCCN(CCN)C(=O)C[C@H](N)C(=O)N[C@@H](CCc1ccccc1)C(=O)Cc1nc2ccccc2o1. The molecule has 0 spiro atoms. The number of amides is 8. The Bertz CT molecular complexity index is 5510. The number of ketones is 4. The molecular formula is C106H148ClN21O19. The number of aromatic nitrogens is 1. The molecule has 29 N–H and O–H groups in total. The molecule has 798 valence electrons. The summed E-state index contributed by atoms with van der Waals surface area (Å²) in [6.07, 6.45) is 2.64. The number of fused-ring (bicyclic) bond motifs is 1. The van der Waals surface area contributed by atoms with E-state index in [0.29, 0.717) is 165 Å². The van der Waals surface area contributed by atoms with Crippen LogP contribution in [0.3, 0.4) is 0 Å². The molecule has 0 radical (unpaired) electrons. The summed E-state index contributed by atoms with van der Waals surface area (Å²) in [7, 11) is 7.56. The van der Waals surface area contributed by atoms with Gasteiger partial charge in [-0.3, -0.25) is 57.5 Å². The van der Waals surface area contributed by atoms with E-state index in [4.69, 9.17) is 109 Å². The normalized spacial score (nSPS) is 12.5. The molecule has 1 heterocycles. The van der Waals surface area contributed by atoms with Gasteiger partial charge < -0.3 is 143 Å². The van der Waals surface area contributed by atoms with Crippen molar-refractivity contribution in [2.75, 3.05) is 140 Å². The molecule has 8 aromatic carbocycles. The van der Waals surface area contributed by atoms with E-state index >= 15 is 0 Å². The molecule has 8 atom stereocenters. The number of benzene rings is 8. The van der Waals surface area contributed by atoms with Crippen molar-refractivity contribution < 1.29 is 90.7 Å². The summed E-state index contributed by atoms with van der Waals surface area (Å²) in [5, 5.41) is 21.1. The number of aryl methyl sites for hydroxylation is 4. The minimum Gasteiger partial charge on any atom is -0.508 e. The number of phenols is 1. The van der Waals surface area contributed by atoms with E-state index < -0.39 is 72.0 Å². The molecule has 1 aromatic heterocycles. The van der Waals surface area contributed by atoms with Crippen molar-refractivity contribution in [3.63, 3.8) is 0 Å². The second kappa shape index (κ2) is 67.1. The fraction of sp³-hybridized carbons (Fsp3) is 0.425. The maximum atomic E-state index is 13.5. The summed E-state index contributed by atoms with van der Waals surface area (Å²) >= 11 is 6.18. The van der Waals surface area contributed by atoms with Crippen molar-refractivity contribution in [2.45, 2.75) is 151 Å². The molecule has 0 aliphatic rings. The third-order valence-electron chi connectivity index (χ3n) is 23.6. The average Bonchev–Trinajstić information content (AvgIpc) is 1.61. The number of nitrogens with zero attached hydrogens (tertiary/aromatic N) is 5. The van der Waals surface area contributed by atoms with Gasteiger partial charge in [-0.2, -0.15) is 0 Å². The van der Waals surface area contributed by atoms with Crippen molar-refractivity contribution in [1.29, 1.82) is 0 Å². The Morgan fingerprint density at radius 2 is 0.646 bits per heavy atom. The molecule has 8 amide bonds. The Hall–Kier alpha value is -13.7. The van der Waals surface area contributed by atoms with Crippen molar-refractivity contribution in [3.8, 4) is 34.5 Å². The first-order chi connectivity index (χ1) is 70.7. The lowest BCUT2D eigenvalue weighted by Crippen LogP contribution is -2.51. The molecule has 0 bridgehead atoms. The van der Waals surface area contributed by atoms with Crippen molar-refractivity contribution >= 4 is 93.1 Å². The Labute approximate surface area is 863 Å². The monoisotopic (exact) mass is 2050 g/mol. The van der Waals surface area contributed by atoms with Gasteiger partial charge in [0.25, 0.3) is 0 Å². The maximum absolute atomic E-state index is 13.5. The van der Waals surface area contributed by atoms with Crippen LogP contribution in [-0.4, -0.2) is 289 Å². The molecule has 9 aromatic rings. The summed E-state index contributed by atoms with van der Waals surface area (Å²) in [4.78, 5) is 166. The molecular weight excluding hydrogens is 1910 g/mol. The number of Topliss-reactive ketones (excluding diaryl/α,β-unsaturated/α-hetero) is 4. The fourth-order valence-electron chi connectivity index (χ4n) is 15.7. The van der Waals surface area contributed by atoms with Gasteiger partial charge in [0.05, 0.1) is 116 Å². The summed E-state index contributed by atoms with van der Waals surface area (Å²) < 4.78 is 32.5. The number of hydrogen-bond acceptors (Lipinski definition) is 32. The fourth-order valence-corrected chi connectivity index (χ4v) is 15.9. The van der Waals surface area contributed by atoms with Gasteiger partial charge in [-0.15, -0.1) is 0 Å². The predicted octanol–water partition coefficient (Wildman–Crippen LogP) is 2.06. The molecule has 41 heteroatoms. The van der Waals surface area contributed by atoms with E-state index in [1.807, 2.05) is 133 Å². The van der Waals surface area contributed by atoms with Gasteiger partial charge in [-0.1, -0.05) is 145 Å². The molecule has 0 saturated heterocycles. The maximum Gasteiger partial charge on any atom is 0.238 e. The van der Waals surface area contributed by atoms with Crippen LogP contribution in [0.4, 0.5) is 0 Å². The zero-order valence-corrected chi connectivity index (χ0v) is 85.3. The van der Waals surface area contributed by atoms with E-state index in [2.05, 4.69) is 26.3 Å². The van der Waals surface area contributed by atoms with Gasteiger partial charge in [0.1, 0.15) is 22.8 Å². The summed E-state index contributed by atoms with van der Waals surface area (Å²) in [6, 6.07) is 50.9. The second-order valence-corrected chi connectivity index (χ2v) is 35.0. The topological polar surface area (TPSA) is 671 Å². The zero-order chi connectivity index (χ0) is 108. The molecule has 0 unspecified atom stereocenters. The van der Waals surface area contributed by atoms with E-state index in [0.717, 1.165) is 22.3 Å². The van der Waals surface area contributed by atoms with Crippen molar-refractivity contribution in [1.82, 2.24) is 45.9 Å². The van der Waals surface area contributed by atoms with Crippen LogP contribution < -0.4 is 114 Å². The lowest BCUT2D eigenvalue weighted by molar-refractivity contribution is -0.135. The number of hydrogen-bond donors (Lipinski definition) is 17. The standard InChI is InChI=1S/C28H41N5O6.C27H39N5O5.C26H34N6O4.C25H34ClN5O4/c1-37-24-16-20(17-25(38-2)27(24)39-3)15-23(34)22(10-9-19-7-5-4-6-8-19)32-28(36)21(31)18-26(35)33(13-11-29)14-12-30;1-36-21-9-11-25(37-2)20(16-21)17-24(33)23(10-8-19-6-4-3-5-7-19)31-27(35)22(30)18-26(34)32(14-12-28)15-13-29;27-12-14-32(15-13-28)25(34)16-19(29)26(35)31-20(11-10-18-6-2-1-3-7-18)22(33)17-24-30-21-8-4-5-9-23(21)36-24;26-20-8-7-19(32)14-18(20)15-23(33)22(9-6-17-4-2-1-3-5-17)30-25(35)21(29)16-24(34)31(12-10-27)13-11-28/h4-8,16-17,21-22H,9-15,18,29-31H2,1-3H3,(H,32,36);3-7,9,11,16,22-23H,8,10,12-15,17-18,28-30H2,1-2H3,(H,31,35);1-9,19-20H,10-17,27-29H2,(H,31,35);1-5,7-8,14,21-22,32H,6,9-13,15-16,27-29H2,(H,30,35)/t21-,22-;22-,23-;19-,20-;21-,22-/m0000/s1. The number of methoxy groups -OCH3 is 5. The third kappa shape index (κ3) is 42.7. The van der Waals surface area contributed by atoms with Crippen LogP contribution in [0.1, 0.15) is 96.2 Å². The summed E-state index contributed by atoms with van der Waals surface area (Å²) in [6.45, 7) is 4.73. The number of aromatic hydroxyl groups is 1. The Morgan fingerprint density at radius 3 is 0.952 bits per heavy atom. The number of nitrogens with one attached hydrogen (secondary N) is 4. The van der Waals surface area contributed by atoms with E-state index in [1.54, 1.807) is 49.6 Å². The first-order valence-corrected chi connectivity index (χ1v) is 49.2. The van der Waals surface area contributed by atoms with E-state index in [-0.39, 0.29) is 162 Å². The minimum absolute atomic E-state index is 0.00535. The Morgan fingerprint density at radius 1 is 0.340 bits per heavy atom. The molecule has 9 rings (SSSR count). The Kier molecular flexibility index (Phi) is 55.7. The molecule has 0 saturated carbocycles. The molecule has 0 fully saturated rings. The number of phenolic OH excluding ortho intramolecular Hbond substituents is 1. The molecule has 40 nitrogen and oxygen atoms in total. The predicted molar refractivity (Wildman–Crippen MR) is 564 cm³/mol. The van der Waals surface area contributed by atoms with E-state index in [9.17, 15) is 62.6 Å². The van der Waals surface area contributed by atoms with Gasteiger partial charge in [0.2, 0.25) is 58.9 Å². The first-order valence-electron chi connectivity index (χ1n) is 48.8. The summed E-state index contributed by atoms with van der Waals surface area (Å²) in [5.41, 5.74) is 75.8. The number of rotatable bonds is 61. The van der Waals surface area contributed by atoms with Crippen LogP contribution in [-0.2, 0) is 109 Å².